The molecule has 0 saturated carbocycles. The molecule has 4 heteroatoms. The molecule has 1 rings (SSSR count). The van der Waals surface area contributed by atoms with Crippen molar-refractivity contribution in [1.82, 2.24) is 5.32 Å². The third-order valence-electron chi connectivity index (χ3n) is 1.19. The number of alkyl carbamates (subject to hydrolysis) is 1. The van der Waals surface area contributed by atoms with Gasteiger partial charge in [0, 0.05) is 0 Å². The number of nitrogens with one attached hydrogen (secondary N) is 1. The Morgan fingerprint density at radius 2 is 2.67 bits per heavy atom. The molecule has 3 nitrogen and oxygen atoms in total. The first-order valence-electron chi connectivity index (χ1n) is 2.67. The maximum Gasteiger partial charge on any atom is 0.410 e. The zero-order valence-corrected chi connectivity index (χ0v) is 6.15. The highest BCUT2D eigenvalue weighted by molar-refractivity contribution is 7.55. The summed E-state index contributed by atoms with van der Waals surface area (Å²) in [4.78, 5) is 10.4. The van der Waals surface area contributed by atoms with E-state index in [1.807, 2.05) is 6.66 Å². The number of cyclic esters (lactones) is 1. The van der Waals surface area contributed by atoms with E-state index in [4.69, 9.17) is 0 Å². The molecule has 0 spiro atoms. The molecule has 0 aliphatic carbocycles. The number of hydrogen-bond acceptors (Lipinski definition) is 2. The van der Waals surface area contributed by atoms with Crippen LogP contribution in [0.3, 0.4) is 0 Å². The maximum absolute atomic E-state index is 10.4. The van der Waals surface area contributed by atoms with Crippen molar-refractivity contribution in [2.45, 2.75) is 5.78 Å². The highest BCUT2D eigenvalue weighted by Gasteiger charge is 2.29. The lowest BCUT2D eigenvalue weighted by Gasteiger charge is -1.92. The Kier molecular flexibility index (Phi) is 1.72. The summed E-state index contributed by atoms with van der Waals surface area (Å²) in [6.07, 6.45) is 3.52. The van der Waals surface area contributed by atoms with Gasteiger partial charge in [-0.15, -0.1) is 0 Å². The summed E-state index contributed by atoms with van der Waals surface area (Å²) in [7, 11) is -0.335. The van der Waals surface area contributed by atoms with Gasteiger partial charge in [0.1, 0.15) is 7.55 Å². The van der Waals surface area contributed by atoms with Gasteiger partial charge in [-0.2, -0.15) is 0 Å². The topological polar surface area (TPSA) is 38.3 Å². The molecule has 1 aliphatic heterocycles. The van der Waals surface area contributed by atoms with E-state index in [2.05, 4.69) is 16.4 Å². The molecular formula is C5H9NO2P+. The van der Waals surface area contributed by atoms with Crippen LogP contribution in [0.15, 0.2) is 0 Å². The number of amides is 1. The number of hydrogen-bond donors (Lipinski definition) is 1. The van der Waals surface area contributed by atoms with Crippen LogP contribution in [0.5, 0.6) is 0 Å². The van der Waals surface area contributed by atoms with Gasteiger partial charge in [-0.3, -0.25) is 5.32 Å². The average molecular weight is 146 g/mol. The van der Waals surface area contributed by atoms with Crippen LogP contribution < -0.4 is 5.32 Å². The minimum Gasteiger partial charge on any atom is -0.443 e. The Morgan fingerprint density at radius 1 is 2.00 bits per heavy atom. The van der Waals surface area contributed by atoms with Crippen molar-refractivity contribution in [1.29, 1.82) is 0 Å². The molecule has 1 fully saturated rings. The van der Waals surface area contributed by atoms with E-state index in [1.165, 1.54) is 0 Å². The van der Waals surface area contributed by atoms with Crippen molar-refractivity contribution in [3.05, 3.63) is 0 Å². The fraction of sp³-hybridized carbons (Fsp3) is 0.600. The van der Waals surface area contributed by atoms with Gasteiger partial charge in [0.05, 0.1) is 13.0 Å². The smallest absolute Gasteiger partial charge is 0.410 e. The summed E-state index contributed by atoms with van der Waals surface area (Å²) in [6.45, 7) is 2.50. The van der Waals surface area contributed by atoms with E-state index in [0.717, 1.165) is 0 Å². The predicted octanol–water partition coefficient (Wildman–Crippen LogP) is 0.596. The van der Waals surface area contributed by atoms with Gasteiger partial charge >= 0.3 is 6.09 Å². The first-order valence-corrected chi connectivity index (χ1v) is 4.71. The van der Waals surface area contributed by atoms with Crippen molar-refractivity contribution in [2.75, 3.05) is 13.3 Å². The maximum atomic E-state index is 10.4. The monoisotopic (exact) mass is 146 g/mol. The highest BCUT2D eigenvalue weighted by Crippen LogP contribution is 2.22. The van der Waals surface area contributed by atoms with E-state index in [9.17, 15) is 4.79 Å². The zero-order chi connectivity index (χ0) is 6.85. The van der Waals surface area contributed by atoms with Gasteiger partial charge in [-0.25, -0.2) is 4.79 Å². The summed E-state index contributed by atoms with van der Waals surface area (Å²) < 4.78 is 4.65. The summed E-state index contributed by atoms with van der Waals surface area (Å²) >= 11 is 0. The fourth-order valence-corrected chi connectivity index (χ4v) is 1.27. The number of carbonyl (C=O) groups is 1. The third kappa shape index (κ3) is 1.42. The van der Waals surface area contributed by atoms with E-state index in [1.54, 1.807) is 0 Å². The van der Waals surface area contributed by atoms with E-state index in [-0.39, 0.29) is 19.4 Å². The van der Waals surface area contributed by atoms with Crippen molar-refractivity contribution < 1.29 is 9.53 Å². The molecule has 1 heterocycles. The van der Waals surface area contributed by atoms with Gasteiger partial charge in [0.2, 0.25) is 5.78 Å². The molecule has 2 unspecified atom stereocenters. The average Bonchev–Trinajstić information content (AvgIpc) is 2.14. The molecule has 1 N–H and O–H groups in total. The van der Waals surface area contributed by atoms with Crippen molar-refractivity contribution in [2.24, 2.45) is 0 Å². The number of rotatable bonds is 1. The molecule has 50 valence electrons. The standard InChI is InChI=1S/C5H8NO2P/c1-9(2)4-3-8-5(7)6-4/h4H,1,3H2,2H3/p+1. The largest absolute Gasteiger partial charge is 0.443 e. The van der Waals surface area contributed by atoms with Crippen LogP contribution in [-0.2, 0) is 4.74 Å². The molecular weight excluding hydrogens is 137 g/mol. The van der Waals surface area contributed by atoms with E-state index < -0.39 is 0 Å². The second-order valence-electron chi connectivity index (χ2n) is 2.02. The Bertz CT molecular complexity index is 157. The van der Waals surface area contributed by atoms with Crippen LogP contribution in [0.1, 0.15) is 0 Å². The lowest BCUT2D eigenvalue weighted by atomic mass is 10.7. The quantitative estimate of drug-likeness (QED) is 0.550. The lowest BCUT2D eigenvalue weighted by molar-refractivity contribution is 0.178. The van der Waals surface area contributed by atoms with E-state index >= 15 is 0 Å². The Labute approximate surface area is 54.8 Å². The van der Waals surface area contributed by atoms with Gasteiger partial charge in [-0.1, -0.05) is 0 Å². The lowest BCUT2D eigenvalue weighted by Crippen LogP contribution is -2.22. The van der Waals surface area contributed by atoms with Crippen LogP contribution in [0.2, 0.25) is 0 Å². The molecule has 0 aromatic carbocycles. The fourth-order valence-electron chi connectivity index (χ4n) is 0.611. The van der Waals surface area contributed by atoms with Gasteiger partial charge in [0.25, 0.3) is 0 Å². The van der Waals surface area contributed by atoms with Gasteiger partial charge in [0.15, 0.2) is 6.61 Å². The Balaban J connectivity index is 2.48. The van der Waals surface area contributed by atoms with Crippen LogP contribution in [0.25, 0.3) is 0 Å². The normalized spacial score (nSPS) is 27.0. The summed E-state index contributed by atoms with van der Waals surface area (Å²) in [5, 5.41) is 2.66. The third-order valence-corrected chi connectivity index (χ3v) is 2.53. The molecule has 1 saturated heterocycles. The second kappa shape index (κ2) is 2.36. The molecule has 0 aromatic heterocycles. The molecule has 2 atom stereocenters. The molecule has 9 heavy (non-hydrogen) atoms. The van der Waals surface area contributed by atoms with Crippen molar-refractivity contribution in [3.8, 4) is 0 Å². The minimum absolute atomic E-state index is 0.174. The summed E-state index contributed by atoms with van der Waals surface area (Å²) in [5.41, 5.74) is 0. The van der Waals surface area contributed by atoms with Crippen LogP contribution in [0, 0.1) is 0 Å². The van der Waals surface area contributed by atoms with Gasteiger partial charge in [-0.05, 0) is 0 Å². The Morgan fingerprint density at radius 3 is 2.89 bits per heavy atom. The SMILES string of the molecule is C=[P+](C)C1COC(=O)N1. The molecule has 1 amide bonds. The first-order chi connectivity index (χ1) is 4.20. The van der Waals surface area contributed by atoms with Crippen LogP contribution >= 0.6 is 7.55 Å². The first kappa shape index (κ1) is 6.56. The molecule has 0 bridgehead atoms. The summed E-state index contributed by atoms with van der Waals surface area (Å²) in [5.74, 6) is 0.174. The van der Waals surface area contributed by atoms with Crippen LogP contribution in [0.4, 0.5) is 4.79 Å². The van der Waals surface area contributed by atoms with Crippen molar-refractivity contribution in [3.63, 3.8) is 0 Å². The van der Waals surface area contributed by atoms with Crippen LogP contribution in [-0.4, -0.2) is 31.4 Å². The minimum atomic E-state index is -0.335. The van der Waals surface area contributed by atoms with Crippen molar-refractivity contribution >= 4 is 19.9 Å². The number of carbonyl (C=O) groups excluding carboxylic acids is 1. The predicted molar refractivity (Wildman–Crippen MR) is 38.2 cm³/mol. The highest BCUT2D eigenvalue weighted by atomic mass is 31.1. The Hall–Kier alpha value is -0.560. The molecule has 0 radical (unpaired) electrons. The molecule has 0 aromatic rings. The second-order valence-corrected chi connectivity index (χ2v) is 4.15. The molecule has 1 aliphatic rings. The van der Waals surface area contributed by atoms with Gasteiger partial charge < -0.3 is 4.74 Å². The summed E-state index contributed by atoms with van der Waals surface area (Å²) in [6, 6.07) is 0. The zero-order valence-electron chi connectivity index (χ0n) is 5.26. The number of ether oxygens (including phenoxy) is 1. The van der Waals surface area contributed by atoms with E-state index in [0.29, 0.717) is 6.61 Å².